The van der Waals surface area contributed by atoms with E-state index in [-0.39, 0.29) is 12.0 Å². The Morgan fingerprint density at radius 2 is 1.77 bits per heavy atom. The van der Waals surface area contributed by atoms with Gasteiger partial charge >= 0.3 is 0 Å². The van der Waals surface area contributed by atoms with Crippen molar-refractivity contribution in [1.82, 2.24) is 25.0 Å². The number of carbonyl (C=O) groups excluding carboxylic acids is 1. The van der Waals surface area contributed by atoms with E-state index in [4.69, 9.17) is 9.26 Å². The van der Waals surface area contributed by atoms with Crippen LogP contribution in [-0.2, 0) is 0 Å². The summed E-state index contributed by atoms with van der Waals surface area (Å²) in [7, 11) is 0. The fourth-order valence-corrected chi connectivity index (χ4v) is 3.26. The smallest absolute Gasteiger partial charge is 0.274 e. The highest BCUT2D eigenvalue weighted by molar-refractivity contribution is 5.92. The highest BCUT2D eigenvalue weighted by Crippen LogP contribution is 2.25. The number of aryl methyl sites for hydroxylation is 1. The Morgan fingerprint density at radius 3 is 2.48 bits per heavy atom. The molecule has 0 radical (unpaired) electrons. The van der Waals surface area contributed by atoms with E-state index in [9.17, 15) is 4.79 Å². The second-order valence-electron chi connectivity index (χ2n) is 7.31. The molecule has 1 aliphatic heterocycles. The van der Waals surface area contributed by atoms with Gasteiger partial charge in [-0.15, -0.1) is 0 Å². The third-order valence-electron chi connectivity index (χ3n) is 5.00. The largest absolute Gasteiger partial charge is 0.487 e. The summed E-state index contributed by atoms with van der Waals surface area (Å²) in [5.41, 5.74) is 2.84. The third-order valence-corrected chi connectivity index (χ3v) is 5.00. The van der Waals surface area contributed by atoms with Crippen LogP contribution in [0.2, 0.25) is 0 Å². The lowest BCUT2D eigenvalue weighted by Crippen LogP contribution is -2.56. The van der Waals surface area contributed by atoms with E-state index >= 15 is 0 Å². The number of amides is 1. The first kappa shape index (κ1) is 18.9. The molecule has 154 valence electrons. The van der Waals surface area contributed by atoms with Crippen LogP contribution in [0, 0.1) is 6.92 Å². The molecule has 1 saturated heterocycles. The third kappa shape index (κ3) is 4.00. The molecular weight excluding hydrogens is 394 g/mol. The van der Waals surface area contributed by atoms with Crippen LogP contribution in [-0.4, -0.2) is 50.1 Å². The van der Waals surface area contributed by atoms with Crippen molar-refractivity contribution < 1.29 is 14.1 Å². The van der Waals surface area contributed by atoms with E-state index < -0.39 is 0 Å². The molecular formula is C23H19N5O3. The SMILES string of the molecule is Cc1cnc(C(=O)N2CC(Oc3ccc(-c4nc(-c5ccccc5)no4)cc3)C2)cn1. The van der Waals surface area contributed by atoms with E-state index in [0.717, 1.165) is 22.6 Å². The van der Waals surface area contributed by atoms with Gasteiger partial charge < -0.3 is 14.2 Å². The first-order chi connectivity index (χ1) is 15.2. The van der Waals surface area contributed by atoms with Crippen LogP contribution in [0.3, 0.4) is 0 Å². The van der Waals surface area contributed by atoms with Crippen LogP contribution < -0.4 is 4.74 Å². The quantitative estimate of drug-likeness (QED) is 0.495. The van der Waals surface area contributed by atoms with Crippen molar-refractivity contribution in [2.75, 3.05) is 13.1 Å². The van der Waals surface area contributed by atoms with Crippen molar-refractivity contribution in [2.45, 2.75) is 13.0 Å². The number of hydrogen-bond donors (Lipinski definition) is 0. The number of carbonyl (C=O) groups is 1. The van der Waals surface area contributed by atoms with Crippen molar-refractivity contribution in [1.29, 1.82) is 0 Å². The second kappa shape index (κ2) is 7.98. The molecule has 31 heavy (non-hydrogen) atoms. The zero-order valence-corrected chi connectivity index (χ0v) is 16.8. The number of ether oxygens (including phenoxy) is 1. The highest BCUT2D eigenvalue weighted by atomic mass is 16.5. The lowest BCUT2D eigenvalue weighted by atomic mass is 10.1. The van der Waals surface area contributed by atoms with Crippen LogP contribution in [0.15, 0.2) is 71.5 Å². The van der Waals surface area contributed by atoms with Gasteiger partial charge in [0.15, 0.2) is 0 Å². The van der Waals surface area contributed by atoms with Crippen molar-refractivity contribution in [3.63, 3.8) is 0 Å². The monoisotopic (exact) mass is 413 g/mol. The van der Waals surface area contributed by atoms with Gasteiger partial charge in [0, 0.05) is 17.3 Å². The molecule has 0 atom stereocenters. The molecule has 0 bridgehead atoms. The van der Waals surface area contributed by atoms with Gasteiger partial charge in [-0.2, -0.15) is 4.98 Å². The summed E-state index contributed by atoms with van der Waals surface area (Å²) in [5.74, 6) is 1.59. The molecule has 8 nitrogen and oxygen atoms in total. The Balaban J connectivity index is 1.18. The lowest BCUT2D eigenvalue weighted by molar-refractivity contribution is 0.0173. The summed E-state index contributed by atoms with van der Waals surface area (Å²) in [5, 5.41) is 4.05. The summed E-state index contributed by atoms with van der Waals surface area (Å²) < 4.78 is 11.3. The molecule has 1 amide bonds. The average molecular weight is 413 g/mol. The number of nitrogens with zero attached hydrogens (tertiary/aromatic N) is 5. The van der Waals surface area contributed by atoms with Crippen LogP contribution in [0.1, 0.15) is 16.2 Å². The number of rotatable bonds is 5. The molecule has 0 aliphatic carbocycles. The topological polar surface area (TPSA) is 94.2 Å². The van der Waals surface area contributed by atoms with E-state index in [1.54, 1.807) is 11.1 Å². The van der Waals surface area contributed by atoms with Gasteiger partial charge in [-0.3, -0.25) is 9.78 Å². The molecule has 3 heterocycles. The average Bonchev–Trinajstić information content (AvgIpc) is 3.27. The highest BCUT2D eigenvalue weighted by Gasteiger charge is 2.33. The maximum absolute atomic E-state index is 12.4. The maximum atomic E-state index is 12.4. The predicted molar refractivity (Wildman–Crippen MR) is 112 cm³/mol. The van der Waals surface area contributed by atoms with Crippen LogP contribution >= 0.6 is 0 Å². The van der Waals surface area contributed by atoms with Gasteiger partial charge in [-0.05, 0) is 31.2 Å². The molecule has 0 N–H and O–H groups in total. The molecule has 2 aromatic heterocycles. The fraction of sp³-hybridized carbons (Fsp3) is 0.174. The standard InChI is InChI=1S/C23H19N5O3/c1-15-11-25-20(12-24-15)23(29)28-13-19(14-28)30-18-9-7-17(8-10-18)22-26-21(27-31-22)16-5-3-2-4-6-16/h2-12,19H,13-14H2,1H3. The molecule has 5 rings (SSSR count). The van der Waals surface area contributed by atoms with Gasteiger partial charge in [-0.1, -0.05) is 35.5 Å². The fourth-order valence-electron chi connectivity index (χ4n) is 3.26. The number of benzene rings is 2. The first-order valence-corrected chi connectivity index (χ1v) is 9.90. The van der Waals surface area contributed by atoms with Gasteiger partial charge in [0.1, 0.15) is 17.5 Å². The number of likely N-dealkylation sites (tertiary alicyclic amines) is 1. The Hall–Kier alpha value is -4.07. The van der Waals surface area contributed by atoms with Crippen LogP contribution in [0.25, 0.3) is 22.8 Å². The molecule has 1 aliphatic rings. The Kier molecular flexibility index (Phi) is 4.87. The number of hydrogen-bond acceptors (Lipinski definition) is 7. The molecule has 2 aromatic carbocycles. The second-order valence-corrected chi connectivity index (χ2v) is 7.31. The molecule has 4 aromatic rings. The molecule has 8 heteroatoms. The Labute approximate surface area is 178 Å². The van der Waals surface area contributed by atoms with Gasteiger partial charge in [0.05, 0.1) is 25.0 Å². The summed E-state index contributed by atoms with van der Waals surface area (Å²) in [6.07, 6.45) is 3.04. The lowest BCUT2D eigenvalue weighted by Gasteiger charge is -2.38. The van der Waals surface area contributed by atoms with Crippen molar-refractivity contribution in [3.05, 3.63) is 78.4 Å². The van der Waals surface area contributed by atoms with E-state index in [2.05, 4.69) is 20.1 Å². The zero-order valence-electron chi connectivity index (χ0n) is 16.8. The van der Waals surface area contributed by atoms with Gasteiger partial charge in [0.2, 0.25) is 5.82 Å². The van der Waals surface area contributed by atoms with Crippen molar-refractivity contribution in [2.24, 2.45) is 0 Å². The minimum absolute atomic E-state index is 0.0544. The van der Waals surface area contributed by atoms with Crippen LogP contribution in [0.4, 0.5) is 0 Å². The van der Waals surface area contributed by atoms with Gasteiger partial charge in [0.25, 0.3) is 11.8 Å². The Bertz CT molecular complexity index is 1180. The summed E-state index contributed by atoms with van der Waals surface area (Å²) >= 11 is 0. The van der Waals surface area contributed by atoms with E-state index in [1.807, 2.05) is 61.5 Å². The van der Waals surface area contributed by atoms with Crippen molar-refractivity contribution >= 4 is 5.91 Å². The first-order valence-electron chi connectivity index (χ1n) is 9.90. The molecule has 0 unspecified atom stereocenters. The zero-order chi connectivity index (χ0) is 21.2. The minimum Gasteiger partial charge on any atom is -0.487 e. The number of aromatic nitrogens is 4. The summed E-state index contributed by atoms with van der Waals surface area (Å²) in [6.45, 7) is 2.86. The summed E-state index contributed by atoms with van der Waals surface area (Å²) in [4.78, 5) is 26.8. The summed E-state index contributed by atoms with van der Waals surface area (Å²) in [6, 6.07) is 17.1. The van der Waals surface area contributed by atoms with Crippen molar-refractivity contribution in [3.8, 4) is 28.6 Å². The molecule has 0 spiro atoms. The van der Waals surface area contributed by atoms with E-state index in [0.29, 0.717) is 30.5 Å². The molecule has 0 saturated carbocycles. The Morgan fingerprint density at radius 1 is 1.00 bits per heavy atom. The molecule has 1 fully saturated rings. The van der Waals surface area contributed by atoms with Gasteiger partial charge in [-0.25, -0.2) is 4.98 Å². The maximum Gasteiger partial charge on any atom is 0.274 e. The van der Waals surface area contributed by atoms with Crippen LogP contribution in [0.5, 0.6) is 5.75 Å². The van der Waals surface area contributed by atoms with E-state index in [1.165, 1.54) is 6.20 Å². The normalized spacial score (nSPS) is 13.6. The predicted octanol–water partition coefficient (Wildman–Crippen LogP) is 3.41. The minimum atomic E-state index is -0.131.